The second kappa shape index (κ2) is 6.83. The summed E-state index contributed by atoms with van der Waals surface area (Å²) in [6, 6.07) is 5.09. The lowest BCUT2D eigenvalue weighted by Crippen LogP contribution is -2.55. The smallest absolute Gasteiger partial charge is 0.249 e. The van der Waals surface area contributed by atoms with Crippen LogP contribution in [0.25, 0.3) is 10.9 Å². The number of carbonyl (C=O) groups is 2. The van der Waals surface area contributed by atoms with Gasteiger partial charge in [-0.2, -0.15) is 5.10 Å². The second-order valence-corrected chi connectivity index (χ2v) is 8.77. The highest BCUT2D eigenvalue weighted by atomic mass is 32.2. The number of rotatable bonds is 4. The number of nitrogens with zero attached hydrogens (tertiary/aromatic N) is 2. The minimum absolute atomic E-state index is 0.000576. The van der Waals surface area contributed by atoms with Crippen LogP contribution in [-0.2, 0) is 16.6 Å². The van der Waals surface area contributed by atoms with E-state index < -0.39 is 10.8 Å². The van der Waals surface area contributed by atoms with Gasteiger partial charge in [-0.25, -0.2) is 0 Å². The van der Waals surface area contributed by atoms with Crippen LogP contribution in [0.2, 0.25) is 0 Å². The summed E-state index contributed by atoms with van der Waals surface area (Å²) in [5.41, 5.74) is 0.863. The van der Waals surface area contributed by atoms with Gasteiger partial charge >= 0.3 is 0 Å². The van der Waals surface area contributed by atoms with Gasteiger partial charge in [0.1, 0.15) is 11.8 Å². The summed E-state index contributed by atoms with van der Waals surface area (Å²) in [6.07, 6.45) is 0.000576. The Morgan fingerprint density at radius 1 is 1.46 bits per heavy atom. The average Bonchev–Trinajstić information content (AvgIpc) is 2.86. The summed E-state index contributed by atoms with van der Waals surface area (Å²) in [5.74, 6) is 1.21. The van der Waals surface area contributed by atoms with Crippen LogP contribution in [0.1, 0.15) is 27.7 Å². The number of ether oxygens (including phenoxy) is 1. The maximum Gasteiger partial charge on any atom is 0.249 e. The molecular weight excluding hydrogens is 352 g/mol. The van der Waals surface area contributed by atoms with E-state index in [1.165, 1.54) is 11.8 Å². The van der Waals surface area contributed by atoms with E-state index in [1.807, 2.05) is 52.9 Å². The SMILES string of the molecule is CC(C)Oc1cccc2c1c(NC(=O)C1CSC(C)(C)C(=O)N1)nn2C. The monoisotopic (exact) mass is 376 g/mol. The van der Waals surface area contributed by atoms with Gasteiger partial charge < -0.3 is 15.4 Å². The minimum atomic E-state index is -0.587. The number of amides is 2. The molecule has 3 rings (SSSR count). The van der Waals surface area contributed by atoms with Crippen LogP contribution in [0, 0.1) is 0 Å². The highest BCUT2D eigenvalue weighted by Crippen LogP contribution is 2.33. The van der Waals surface area contributed by atoms with E-state index in [9.17, 15) is 9.59 Å². The number of benzene rings is 1. The molecule has 2 aromatic rings. The minimum Gasteiger partial charge on any atom is -0.490 e. The number of aromatic nitrogens is 2. The van der Waals surface area contributed by atoms with Crippen molar-refractivity contribution in [3.63, 3.8) is 0 Å². The molecule has 2 amide bonds. The topological polar surface area (TPSA) is 85.2 Å². The molecule has 0 bridgehead atoms. The molecule has 26 heavy (non-hydrogen) atoms. The van der Waals surface area contributed by atoms with Gasteiger partial charge in [-0.3, -0.25) is 14.3 Å². The fourth-order valence-electron chi connectivity index (χ4n) is 2.80. The van der Waals surface area contributed by atoms with Gasteiger partial charge in [-0.05, 0) is 39.8 Å². The fraction of sp³-hybridized carbons (Fsp3) is 0.500. The number of anilines is 1. The number of nitrogens with one attached hydrogen (secondary N) is 2. The van der Waals surface area contributed by atoms with E-state index in [4.69, 9.17) is 4.74 Å². The van der Waals surface area contributed by atoms with Crippen molar-refractivity contribution in [3.8, 4) is 5.75 Å². The van der Waals surface area contributed by atoms with Crippen LogP contribution in [0.4, 0.5) is 5.82 Å². The number of aryl methyl sites for hydroxylation is 1. The summed E-state index contributed by atoms with van der Waals surface area (Å²) >= 11 is 1.47. The normalized spacial score (nSPS) is 19.5. The summed E-state index contributed by atoms with van der Waals surface area (Å²) in [4.78, 5) is 24.8. The van der Waals surface area contributed by atoms with E-state index in [0.717, 1.165) is 10.9 Å². The second-order valence-electron chi connectivity index (χ2n) is 7.13. The molecule has 1 aromatic heterocycles. The van der Waals surface area contributed by atoms with Gasteiger partial charge in [0.25, 0.3) is 0 Å². The van der Waals surface area contributed by atoms with Crippen LogP contribution in [0.3, 0.4) is 0 Å². The Kier molecular flexibility index (Phi) is 4.88. The molecule has 7 nitrogen and oxygen atoms in total. The van der Waals surface area contributed by atoms with Crippen molar-refractivity contribution in [1.82, 2.24) is 15.1 Å². The van der Waals surface area contributed by atoms with Gasteiger partial charge in [-0.1, -0.05) is 6.07 Å². The number of fused-ring (bicyclic) bond motifs is 1. The molecule has 0 aliphatic carbocycles. The van der Waals surface area contributed by atoms with Crippen LogP contribution >= 0.6 is 11.8 Å². The Morgan fingerprint density at radius 3 is 2.85 bits per heavy atom. The van der Waals surface area contributed by atoms with Crippen molar-refractivity contribution in [2.75, 3.05) is 11.1 Å². The molecule has 2 N–H and O–H groups in total. The lowest BCUT2D eigenvalue weighted by atomic mass is 10.1. The molecular formula is C18H24N4O3S. The molecule has 1 aliphatic heterocycles. The van der Waals surface area contributed by atoms with E-state index in [2.05, 4.69) is 15.7 Å². The zero-order chi connectivity index (χ0) is 19.1. The largest absolute Gasteiger partial charge is 0.490 e. The molecule has 1 aromatic carbocycles. The number of hydrogen-bond donors (Lipinski definition) is 2. The molecule has 2 heterocycles. The van der Waals surface area contributed by atoms with Crippen LogP contribution < -0.4 is 15.4 Å². The third-order valence-corrected chi connectivity index (χ3v) is 5.63. The molecule has 1 unspecified atom stereocenters. The van der Waals surface area contributed by atoms with E-state index in [-0.39, 0.29) is 17.9 Å². The highest BCUT2D eigenvalue weighted by molar-refractivity contribution is 8.01. The molecule has 140 valence electrons. The summed E-state index contributed by atoms with van der Waals surface area (Å²) in [7, 11) is 1.82. The number of hydrogen-bond acceptors (Lipinski definition) is 5. The van der Waals surface area contributed by atoms with Crippen molar-refractivity contribution < 1.29 is 14.3 Å². The average molecular weight is 376 g/mol. The standard InChI is InChI=1S/C18H24N4O3S/c1-10(2)25-13-8-6-7-12-14(13)15(21-22(12)5)20-16(23)11-9-26-18(3,4)17(24)19-11/h6-8,10-11H,9H2,1-5H3,(H,19,24)(H,20,21,23). The molecule has 0 radical (unpaired) electrons. The van der Waals surface area contributed by atoms with E-state index in [1.54, 1.807) is 4.68 Å². The first-order chi connectivity index (χ1) is 12.2. The lowest BCUT2D eigenvalue weighted by Gasteiger charge is -2.32. The lowest BCUT2D eigenvalue weighted by molar-refractivity contribution is -0.127. The van der Waals surface area contributed by atoms with Gasteiger partial charge in [-0.15, -0.1) is 11.8 Å². The Hall–Kier alpha value is -2.22. The van der Waals surface area contributed by atoms with E-state index in [0.29, 0.717) is 17.3 Å². The Bertz CT molecular complexity index is 859. The molecule has 1 fully saturated rings. The van der Waals surface area contributed by atoms with Crippen LogP contribution in [0.15, 0.2) is 18.2 Å². The maximum absolute atomic E-state index is 12.7. The van der Waals surface area contributed by atoms with Crippen molar-refractivity contribution in [2.45, 2.75) is 44.6 Å². The van der Waals surface area contributed by atoms with Crippen LogP contribution in [-0.4, -0.2) is 44.2 Å². The molecule has 0 spiro atoms. The number of carbonyl (C=O) groups excluding carboxylic acids is 2. The Balaban J connectivity index is 1.87. The van der Waals surface area contributed by atoms with Gasteiger partial charge in [0.2, 0.25) is 11.8 Å². The predicted molar refractivity (Wildman–Crippen MR) is 104 cm³/mol. The van der Waals surface area contributed by atoms with Crippen molar-refractivity contribution >= 4 is 40.3 Å². The van der Waals surface area contributed by atoms with Gasteiger partial charge in [0.05, 0.1) is 21.8 Å². The first-order valence-corrected chi connectivity index (χ1v) is 9.56. The summed E-state index contributed by atoms with van der Waals surface area (Å²) in [5, 5.41) is 10.8. The zero-order valence-electron chi connectivity index (χ0n) is 15.6. The quantitative estimate of drug-likeness (QED) is 0.855. The van der Waals surface area contributed by atoms with Gasteiger partial charge in [0.15, 0.2) is 5.82 Å². The van der Waals surface area contributed by atoms with E-state index >= 15 is 0 Å². The van der Waals surface area contributed by atoms with Crippen molar-refractivity contribution in [1.29, 1.82) is 0 Å². The fourth-order valence-corrected chi connectivity index (χ4v) is 3.80. The first kappa shape index (κ1) is 18.6. The van der Waals surface area contributed by atoms with Crippen molar-refractivity contribution in [2.24, 2.45) is 7.05 Å². The first-order valence-electron chi connectivity index (χ1n) is 8.57. The number of thioether (sulfide) groups is 1. The van der Waals surface area contributed by atoms with Gasteiger partial charge in [0, 0.05) is 12.8 Å². The maximum atomic E-state index is 12.7. The van der Waals surface area contributed by atoms with Crippen LogP contribution in [0.5, 0.6) is 5.75 Å². The predicted octanol–water partition coefficient (Wildman–Crippen LogP) is 2.31. The molecule has 0 saturated carbocycles. The van der Waals surface area contributed by atoms with Crippen molar-refractivity contribution in [3.05, 3.63) is 18.2 Å². The Labute approximate surface area is 156 Å². The highest BCUT2D eigenvalue weighted by Gasteiger charge is 2.38. The summed E-state index contributed by atoms with van der Waals surface area (Å²) < 4.78 is 7.06. The molecule has 1 saturated heterocycles. The zero-order valence-corrected chi connectivity index (χ0v) is 16.4. The molecule has 8 heteroatoms. The molecule has 1 aliphatic rings. The molecule has 1 atom stereocenters. The third-order valence-electron chi connectivity index (χ3n) is 4.22. The Morgan fingerprint density at radius 2 is 2.19 bits per heavy atom. The third kappa shape index (κ3) is 3.51. The summed E-state index contributed by atoms with van der Waals surface area (Å²) in [6.45, 7) is 7.60.